The molecule has 3 fully saturated rings. The topological polar surface area (TPSA) is 105 Å². The Kier molecular flexibility index (Phi) is 5.10. The summed E-state index contributed by atoms with van der Waals surface area (Å²) in [6.45, 7) is 1.05. The predicted molar refractivity (Wildman–Crippen MR) is 100 cm³/mol. The lowest BCUT2D eigenvalue weighted by molar-refractivity contribution is -0.137. The Hall–Kier alpha value is -2.05. The van der Waals surface area contributed by atoms with E-state index >= 15 is 0 Å². The van der Waals surface area contributed by atoms with Crippen LogP contribution in [0.15, 0.2) is 18.2 Å². The van der Waals surface area contributed by atoms with Crippen molar-refractivity contribution in [3.8, 4) is 6.07 Å². The fraction of sp³-hybridized carbons (Fsp3) is 0.611. The normalized spacial score (nSPS) is 33.2. The molecule has 7 nitrogen and oxygen atoms in total. The molecule has 0 radical (unpaired) electrons. The molecular weight excluding hydrogens is 502 g/mol. The number of nitrogens with zero attached hydrogens (tertiary/aromatic N) is 2. The third-order valence-electron chi connectivity index (χ3n) is 7.04. The summed E-state index contributed by atoms with van der Waals surface area (Å²) >= 11 is 0. The van der Waals surface area contributed by atoms with E-state index in [1.165, 1.54) is 13.0 Å². The van der Waals surface area contributed by atoms with Crippen molar-refractivity contribution in [2.24, 2.45) is 17.8 Å². The monoisotopic (exact) mass is 518 g/mol. The lowest BCUT2D eigenvalue weighted by Gasteiger charge is -2.37. The van der Waals surface area contributed by atoms with Gasteiger partial charge in [-0.15, -0.1) is 0 Å². The van der Waals surface area contributed by atoms with E-state index in [0.717, 1.165) is 16.4 Å². The average Bonchev–Trinajstić information content (AvgIpc) is 3.26. The van der Waals surface area contributed by atoms with Gasteiger partial charge >= 0.3 is 21.8 Å². The van der Waals surface area contributed by atoms with E-state index < -0.39 is 71.6 Å². The van der Waals surface area contributed by atoms with Crippen molar-refractivity contribution in [3.63, 3.8) is 0 Å². The highest BCUT2D eigenvalue weighted by Gasteiger charge is 2.72. The SMILES string of the molecule is C[C@@]12[C@@H](CN(c3ccc(C#N)c(C(F)(F)F)c3)S1(=O)=O)[C@@H]1C[C@@H](OS(=O)(=O)C(F)(F)F)[C@@H]2C1. The van der Waals surface area contributed by atoms with E-state index in [1.54, 1.807) is 0 Å². The number of anilines is 1. The van der Waals surface area contributed by atoms with E-state index in [4.69, 9.17) is 5.26 Å². The van der Waals surface area contributed by atoms with Crippen LogP contribution in [0.1, 0.15) is 30.9 Å². The standard InChI is InChI=1S/C18H16F6N2O5S2/c1-16-13-4-10(5-15(13)31-33(29,30)18(22,23)24)14(16)8-26(32(16,27)28)11-3-2-9(7-25)12(6-11)17(19,20)21/h2-3,6,10,13-15H,4-5,8H2,1H3/t10-,13-,14-,15+,16+/m0/s1. The Balaban J connectivity index is 1.71. The summed E-state index contributed by atoms with van der Waals surface area (Å²) in [6.07, 6.45) is -6.45. The van der Waals surface area contributed by atoms with Crippen molar-refractivity contribution >= 4 is 25.8 Å². The van der Waals surface area contributed by atoms with Crippen molar-refractivity contribution in [2.75, 3.05) is 10.8 Å². The first-order chi connectivity index (χ1) is 14.9. The number of sulfonamides is 1. The molecule has 182 valence electrons. The maximum atomic E-state index is 13.5. The predicted octanol–water partition coefficient (Wildman–Crippen LogP) is 3.38. The smallest absolute Gasteiger partial charge is 0.269 e. The minimum atomic E-state index is -5.96. The quantitative estimate of drug-likeness (QED) is 0.345. The lowest BCUT2D eigenvalue weighted by Crippen LogP contribution is -2.50. The summed E-state index contributed by atoms with van der Waals surface area (Å²) in [7, 11) is -10.4. The number of rotatable bonds is 3. The lowest BCUT2D eigenvalue weighted by atomic mass is 9.78. The van der Waals surface area contributed by atoms with E-state index in [1.807, 2.05) is 0 Å². The minimum Gasteiger partial charge on any atom is -0.269 e. The maximum absolute atomic E-state index is 13.5. The Bertz CT molecular complexity index is 1250. The van der Waals surface area contributed by atoms with Crippen LogP contribution in [0.2, 0.25) is 0 Å². The largest absolute Gasteiger partial charge is 0.523 e. The van der Waals surface area contributed by atoms with Crippen LogP contribution < -0.4 is 4.31 Å². The fourth-order valence-corrected chi connectivity index (χ4v) is 8.68. The molecule has 1 saturated heterocycles. The van der Waals surface area contributed by atoms with Gasteiger partial charge in [-0.3, -0.25) is 8.49 Å². The third-order valence-corrected chi connectivity index (χ3v) is 10.8. The number of alkyl halides is 6. The highest BCUT2D eigenvalue weighted by atomic mass is 32.2. The van der Waals surface area contributed by atoms with E-state index in [2.05, 4.69) is 4.18 Å². The van der Waals surface area contributed by atoms with Crippen LogP contribution in [0.25, 0.3) is 0 Å². The molecule has 1 aliphatic heterocycles. The van der Waals surface area contributed by atoms with Crippen molar-refractivity contribution in [1.29, 1.82) is 5.26 Å². The Morgan fingerprint density at radius 3 is 2.33 bits per heavy atom. The van der Waals surface area contributed by atoms with Gasteiger partial charge in [0.25, 0.3) is 0 Å². The Labute approximate surface area is 185 Å². The molecule has 2 bridgehead atoms. The second kappa shape index (κ2) is 6.98. The van der Waals surface area contributed by atoms with Crippen LogP contribution in [0, 0.1) is 29.1 Å². The van der Waals surface area contributed by atoms with Crippen LogP contribution in [-0.2, 0) is 30.5 Å². The molecule has 15 heteroatoms. The first-order valence-electron chi connectivity index (χ1n) is 9.58. The third kappa shape index (κ3) is 3.32. The van der Waals surface area contributed by atoms with E-state index in [9.17, 15) is 43.2 Å². The molecule has 1 aromatic carbocycles. The van der Waals surface area contributed by atoms with Gasteiger partial charge in [0.05, 0.1) is 33.7 Å². The van der Waals surface area contributed by atoms with Crippen molar-refractivity contribution < 1.29 is 47.4 Å². The molecule has 0 unspecified atom stereocenters. The second-order valence-corrected chi connectivity index (χ2v) is 12.4. The minimum absolute atomic E-state index is 0.119. The van der Waals surface area contributed by atoms with Crippen LogP contribution in [0.3, 0.4) is 0 Å². The first kappa shape index (κ1) is 24.1. The fourth-order valence-electron chi connectivity index (χ4n) is 5.53. The van der Waals surface area contributed by atoms with Crippen LogP contribution in [0.4, 0.5) is 32.0 Å². The number of hydrogen-bond donors (Lipinski definition) is 0. The molecule has 0 spiro atoms. The molecule has 0 aromatic heterocycles. The summed E-state index contributed by atoms with van der Waals surface area (Å²) < 4.78 is 132. The molecule has 1 aromatic rings. The molecular formula is C18H16F6N2O5S2. The number of fused-ring (bicyclic) bond motifs is 5. The van der Waals surface area contributed by atoms with Crippen LogP contribution in [-0.4, -0.2) is 39.7 Å². The average molecular weight is 518 g/mol. The summed E-state index contributed by atoms with van der Waals surface area (Å²) in [5.41, 5.74) is -8.02. The van der Waals surface area contributed by atoms with Crippen molar-refractivity contribution in [2.45, 2.75) is 42.3 Å². The van der Waals surface area contributed by atoms with Gasteiger partial charge in [0.15, 0.2) is 0 Å². The van der Waals surface area contributed by atoms with Gasteiger partial charge in [-0.05, 0) is 43.9 Å². The summed E-state index contributed by atoms with van der Waals surface area (Å²) in [5, 5.41) is 8.95. The van der Waals surface area contributed by atoms with Gasteiger partial charge in [0.1, 0.15) is 0 Å². The number of nitriles is 1. The molecule has 3 aliphatic rings. The first-order valence-corrected chi connectivity index (χ1v) is 12.4. The zero-order valence-electron chi connectivity index (χ0n) is 16.7. The van der Waals surface area contributed by atoms with Gasteiger partial charge in [-0.25, -0.2) is 8.42 Å². The van der Waals surface area contributed by atoms with Gasteiger partial charge in [0.2, 0.25) is 10.0 Å². The van der Waals surface area contributed by atoms with Gasteiger partial charge < -0.3 is 0 Å². The molecule has 0 amide bonds. The summed E-state index contributed by atoms with van der Waals surface area (Å²) in [5.74, 6) is -2.24. The number of halogens is 6. The van der Waals surface area contributed by atoms with E-state index in [-0.39, 0.29) is 25.1 Å². The number of hydrogen-bond acceptors (Lipinski definition) is 6. The van der Waals surface area contributed by atoms with Crippen molar-refractivity contribution in [1.82, 2.24) is 0 Å². The molecule has 0 N–H and O–H groups in total. The van der Waals surface area contributed by atoms with Crippen LogP contribution >= 0.6 is 0 Å². The second-order valence-electron chi connectivity index (χ2n) is 8.54. The summed E-state index contributed by atoms with van der Waals surface area (Å²) in [4.78, 5) is 0. The van der Waals surface area contributed by atoms with Crippen molar-refractivity contribution in [3.05, 3.63) is 29.3 Å². The molecule has 5 atom stereocenters. The van der Waals surface area contributed by atoms with E-state index in [0.29, 0.717) is 6.07 Å². The summed E-state index contributed by atoms with van der Waals surface area (Å²) in [6, 6.07) is 3.85. The molecule has 33 heavy (non-hydrogen) atoms. The van der Waals surface area contributed by atoms with Crippen LogP contribution in [0.5, 0.6) is 0 Å². The Morgan fingerprint density at radius 2 is 1.79 bits per heavy atom. The van der Waals surface area contributed by atoms with Gasteiger partial charge in [0, 0.05) is 18.4 Å². The van der Waals surface area contributed by atoms with Gasteiger partial charge in [-0.1, -0.05) is 0 Å². The zero-order chi connectivity index (χ0) is 24.8. The molecule has 2 aliphatic carbocycles. The maximum Gasteiger partial charge on any atom is 0.523 e. The molecule has 1 heterocycles. The molecule has 4 rings (SSSR count). The number of benzene rings is 1. The Morgan fingerprint density at radius 1 is 1.15 bits per heavy atom. The van der Waals surface area contributed by atoms with Gasteiger partial charge in [-0.2, -0.15) is 40.0 Å². The molecule has 2 saturated carbocycles. The zero-order valence-corrected chi connectivity index (χ0v) is 18.3. The highest BCUT2D eigenvalue weighted by Crippen LogP contribution is 2.63. The highest BCUT2D eigenvalue weighted by molar-refractivity contribution is 7.94.